The highest BCUT2D eigenvalue weighted by Crippen LogP contribution is 2.35. The molecule has 0 fully saturated rings. The second-order valence-electron chi connectivity index (χ2n) is 4.01. The van der Waals surface area contributed by atoms with Crippen molar-refractivity contribution in [1.82, 2.24) is 0 Å². The van der Waals surface area contributed by atoms with Crippen LogP contribution in [0.3, 0.4) is 0 Å². The Morgan fingerprint density at radius 3 is 2.58 bits per heavy atom. The van der Waals surface area contributed by atoms with Crippen LogP contribution in [0.2, 0.25) is 0 Å². The first-order chi connectivity index (χ1) is 8.99. The summed E-state index contributed by atoms with van der Waals surface area (Å²) >= 11 is 7.72. The topological polar surface area (TPSA) is 29.1 Å². The minimum atomic E-state index is -0.484. The molecule has 1 amide bonds. The minimum absolute atomic E-state index is 0.155. The van der Waals surface area contributed by atoms with Crippen LogP contribution < -0.4 is 5.32 Å². The Balaban J connectivity index is 2.58. The Morgan fingerprint density at radius 1 is 1.26 bits per heavy atom. The van der Waals surface area contributed by atoms with Gasteiger partial charge >= 0.3 is 0 Å². The van der Waals surface area contributed by atoms with E-state index in [2.05, 4.69) is 33.9 Å². The second kappa shape index (κ2) is 5.75. The van der Waals surface area contributed by atoms with Crippen molar-refractivity contribution in [3.8, 4) is 11.1 Å². The first-order valence-electron chi connectivity index (χ1n) is 5.54. The molecule has 0 atom stereocenters. The first-order valence-corrected chi connectivity index (χ1v) is 6.78. The van der Waals surface area contributed by atoms with Crippen molar-refractivity contribution >= 4 is 40.2 Å². The lowest BCUT2D eigenvalue weighted by Crippen LogP contribution is -2.07. The third kappa shape index (κ3) is 3.16. The number of nitrogens with one attached hydrogen (secondary N) is 1. The van der Waals surface area contributed by atoms with E-state index in [1.807, 2.05) is 24.3 Å². The number of carbonyl (C=O) groups is 1. The number of rotatable bonds is 2. The molecule has 0 aliphatic carbocycles. The molecule has 2 nitrogen and oxygen atoms in total. The summed E-state index contributed by atoms with van der Waals surface area (Å²) in [6.45, 7) is 1.34. The van der Waals surface area contributed by atoms with Gasteiger partial charge in [0.25, 0.3) is 0 Å². The van der Waals surface area contributed by atoms with Gasteiger partial charge in [-0.3, -0.25) is 4.79 Å². The van der Waals surface area contributed by atoms with Gasteiger partial charge in [-0.15, -0.1) is 12.6 Å². The van der Waals surface area contributed by atoms with E-state index in [0.717, 1.165) is 16.0 Å². The third-order valence-corrected chi connectivity index (χ3v) is 3.61. The normalized spacial score (nSPS) is 10.3. The summed E-state index contributed by atoms with van der Waals surface area (Å²) < 4.78 is 14.4. The summed E-state index contributed by atoms with van der Waals surface area (Å²) in [6.07, 6.45) is 0. The Kier molecular flexibility index (Phi) is 4.27. The highest BCUT2D eigenvalue weighted by Gasteiger charge is 2.12. The molecule has 0 unspecified atom stereocenters. The van der Waals surface area contributed by atoms with Crippen molar-refractivity contribution < 1.29 is 9.18 Å². The van der Waals surface area contributed by atoms with Gasteiger partial charge in [-0.25, -0.2) is 4.39 Å². The minimum Gasteiger partial charge on any atom is -0.324 e. The fourth-order valence-corrected chi connectivity index (χ4v) is 2.55. The Bertz CT molecular complexity index is 645. The van der Waals surface area contributed by atoms with Crippen LogP contribution >= 0.6 is 28.6 Å². The molecule has 0 radical (unpaired) electrons. The highest BCUT2D eigenvalue weighted by molar-refractivity contribution is 9.10. The number of benzene rings is 2. The van der Waals surface area contributed by atoms with Crippen molar-refractivity contribution in [2.75, 3.05) is 5.32 Å². The van der Waals surface area contributed by atoms with E-state index in [1.165, 1.54) is 13.0 Å². The van der Waals surface area contributed by atoms with Crippen LogP contribution in [0, 0.1) is 5.82 Å². The molecule has 0 aromatic heterocycles. The van der Waals surface area contributed by atoms with Crippen molar-refractivity contribution in [2.45, 2.75) is 11.8 Å². The highest BCUT2D eigenvalue weighted by atomic mass is 79.9. The average molecular weight is 340 g/mol. The van der Waals surface area contributed by atoms with Crippen LogP contribution in [0.15, 0.2) is 45.8 Å². The summed E-state index contributed by atoms with van der Waals surface area (Å²) in [6, 6.07) is 10.4. The molecule has 0 aliphatic rings. The zero-order chi connectivity index (χ0) is 14.0. The molecule has 0 saturated heterocycles. The van der Waals surface area contributed by atoms with Gasteiger partial charge in [-0.05, 0) is 29.3 Å². The summed E-state index contributed by atoms with van der Waals surface area (Å²) in [7, 11) is 0. The van der Waals surface area contributed by atoms with Gasteiger partial charge in [-0.2, -0.15) is 0 Å². The first kappa shape index (κ1) is 14.1. The molecular formula is C14H11BrFNOS. The predicted octanol–water partition coefficient (Wildman–Crippen LogP) is 4.50. The van der Waals surface area contributed by atoms with Crippen LogP contribution in [0.5, 0.6) is 0 Å². The smallest absolute Gasteiger partial charge is 0.221 e. The number of hydrogen-bond acceptors (Lipinski definition) is 2. The predicted molar refractivity (Wildman–Crippen MR) is 81.1 cm³/mol. The molecule has 0 aliphatic heterocycles. The lowest BCUT2D eigenvalue weighted by atomic mass is 10.0. The monoisotopic (exact) mass is 339 g/mol. The molecule has 2 rings (SSSR count). The van der Waals surface area contributed by atoms with E-state index in [9.17, 15) is 9.18 Å². The fourth-order valence-electron chi connectivity index (χ4n) is 1.74. The third-order valence-electron chi connectivity index (χ3n) is 2.56. The van der Waals surface area contributed by atoms with Gasteiger partial charge in [-0.1, -0.05) is 34.1 Å². The van der Waals surface area contributed by atoms with Crippen LogP contribution in [-0.4, -0.2) is 5.91 Å². The molecule has 0 bridgehead atoms. The van der Waals surface area contributed by atoms with Crippen molar-refractivity contribution in [3.05, 3.63) is 46.7 Å². The maximum atomic E-state index is 13.7. The van der Waals surface area contributed by atoms with E-state index in [0.29, 0.717) is 4.47 Å². The number of thiol groups is 1. The molecule has 98 valence electrons. The molecule has 0 saturated carbocycles. The van der Waals surface area contributed by atoms with Gasteiger partial charge in [0.1, 0.15) is 5.82 Å². The van der Waals surface area contributed by atoms with Crippen LogP contribution in [0.1, 0.15) is 6.92 Å². The van der Waals surface area contributed by atoms with E-state index < -0.39 is 5.82 Å². The van der Waals surface area contributed by atoms with Crippen molar-refractivity contribution in [3.63, 3.8) is 0 Å². The van der Waals surface area contributed by atoms with Crippen LogP contribution in [0.4, 0.5) is 10.1 Å². The van der Waals surface area contributed by atoms with Gasteiger partial charge in [0.05, 0.1) is 5.69 Å². The molecular weight excluding hydrogens is 329 g/mol. The zero-order valence-corrected chi connectivity index (χ0v) is 12.6. The SMILES string of the molecule is CC(=O)Nc1cc(-c2ccccc2S)c(Br)cc1F. The van der Waals surface area contributed by atoms with Gasteiger partial charge in [0, 0.05) is 16.3 Å². The maximum absolute atomic E-state index is 13.7. The van der Waals surface area contributed by atoms with Gasteiger partial charge in [0.2, 0.25) is 5.91 Å². The zero-order valence-electron chi connectivity index (χ0n) is 10.1. The number of carbonyl (C=O) groups excluding carboxylic acids is 1. The van der Waals surface area contributed by atoms with E-state index in [-0.39, 0.29) is 11.6 Å². The Labute approximate surface area is 124 Å². The lowest BCUT2D eigenvalue weighted by Gasteiger charge is -2.11. The number of anilines is 1. The second-order valence-corrected chi connectivity index (χ2v) is 5.35. The molecule has 19 heavy (non-hydrogen) atoms. The summed E-state index contributed by atoms with van der Waals surface area (Å²) in [4.78, 5) is 11.8. The largest absolute Gasteiger partial charge is 0.324 e. The Hall–Kier alpha value is -1.33. The standard InChI is InChI=1S/C14H11BrFNOS/c1-8(18)17-13-6-10(11(15)7-12(13)16)9-4-2-3-5-14(9)19/h2-7,19H,1H3,(H,17,18). The molecule has 5 heteroatoms. The molecule has 2 aromatic rings. The summed E-state index contributed by atoms with van der Waals surface area (Å²) in [5.74, 6) is -0.797. The number of amides is 1. The van der Waals surface area contributed by atoms with Crippen molar-refractivity contribution in [2.24, 2.45) is 0 Å². The van der Waals surface area contributed by atoms with E-state index in [1.54, 1.807) is 6.07 Å². The molecule has 2 aromatic carbocycles. The summed E-state index contributed by atoms with van der Waals surface area (Å²) in [5.41, 5.74) is 1.79. The quantitative estimate of drug-likeness (QED) is 0.775. The molecule has 0 spiro atoms. The molecule has 0 heterocycles. The lowest BCUT2D eigenvalue weighted by molar-refractivity contribution is -0.114. The molecule has 1 N–H and O–H groups in total. The van der Waals surface area contributed by atoms with Crippen molar-refractivity contribution in [1.29, 1.82) is 0 Å². The van der Waals surface area contributed by atoms with Gasteiger partial charge < -0.3 is 5.32 Å². The average Bonchev–Trinajstić information content (AvgIpc) is 2.33. The maximum Gasteiger partial charge on any atom is 0.221 e. The number of halogens is 2. The van der Waals surface area contributed by atoms with Gasteiger partial charge in [0.15, 0.2) is 0 Å². The summed E-state index contributed by atoms with van der Waals surface area (Å²) in [5, 5.41) is 2.47. The Morgan fingerprint density at radius 2 is 1.95 bits per heavy atom. The van der Waals surface area contributed by atoms with Crippen LogP contribution in [-0.2, 0) is 4.79 Å². The van der Waals surface area contributed by atoms with Crippen LogP contribution in [0.25, 0.3) is 11.1 Å². The number of hydrogen-bond donors (Lipinski definition) is 2. The van der Waals surface area contributed by atoms with E-state index in [4.69, 9.17) is 0 Å². The van der Waals surface area contributed by atoms with E-state index >= 15 is 0 Å². The fraction of sp³-hybridized carbons (Fsp3) is 0.0714.